The Morgan fingerprint density at radius 2 is 1.94 bits per heavy atom. The van der Waals surface area contributed by atoms with Crippen LogP contribution in [0.3, 0.4) is 0 Å². The van der Waals surface area contributed by atoms with Crippen molar-refractivity contribution in [3.05, 3.63) is 18.0 Å². The zero-order valence-electron chi connectivity index (χ0n) is 9.30. The Morgan fingerprint density at radius 1 is 1.24 bits per heavy atom. The van der Waals surface area contributed by atoms with Gasteiger partial charge in [-0.2, -0.15) is 0 Å². The zero-order chi connectivity index (χ0) is 12.3. The highest BCUT2D eigenvalue weighted by molar-refractivity contribution is 5.92. The van der Waals surface area contributed by atoms with Crippen LogP contribution in [-0.2, 0) is 4.79 Å². The van der Waals surface area contributed by atoms with Crippen molar-refractivity contribution < 1.29 is 14.7 Å². The number of carbonyl (C=O) groups excluding carboxylic acids is 1. The second-order valence-corrected chi connectivity index (χ2v) is 3.93. The summed E-state index contributed by atoms with van der Waals surface area (Å²) in [5.41, 5.74) is 0.0241. The molecule has 1 fully saturated rings. The average molecular weight is 235 g/mol. The number of anilines is 1. The van der Waals surface area contributed by atoms with E-state index in [9.17, 15) is 9.59 Å². The van der Waals surface area contributed by atoms with Crippen LogP contribution in [-0.4, -0.2) is 33.5 Å². The van der Waals surface area contributed by atoms with Gasteiger partial charge in [0.2, 0.25) is 11.9 Å². The number of hydrogen-bond acceptors (Lipinski definition) is 4. The van der Waals surface area contributed by atoms with Crippen molar-refractivity contribution in [3.8, 4) is 0 Å². The van der Waals surface area contributed by atoms with Gasteiger partial charge >= 0.3 is 5.97 Å². The Hall–Kier alpha value is -1.98. The van der Waals surface area contributed by atoms with E-state index in [1.54, 1.807) is 0 Å². The van der Waals surface area contributed by atoms with E-state index in [1.807, 2.05) is 0 Å². The second kappa shape index (κ2) is 4.90. The Bertz CT molecular complexity index is 430. The fraction of sp³-hybridized carbons (Fsp3) is 0.455. The molecule has 0 bridgehead atoms. The second-order valence-electron chi connectivity index (χ2n) is 3.93. The molecule has 6 heteroatoms. The van der Waals surface area contributed by atoms with Crippen LogP contribution in [0, 0.1) is 0 Å². The summed E-state index contributed by atoms with van der Waals surface area (Å²) in [7, 11) is 0. The van der Waals surface area contributed by atoms with Gasteiger partial charge in [-0.3, -0.25) is 9.69 Å². The summed E-state index contributed by atoms with van der Waals surface area (Å²) >= 11 is 0. The number of amides is 1. The number of nitrogens with zero attached hydrogens (tertiary/aromatic N) is 3. The topological polar surface area (TPSA) is 83.4 Å². The molecular formula is C11H13N3O3. The largest absolute Gasteiger partial charge is 0.478 e. The standard InChI is InChI=1S/C11H13N3O3/c15-9-4-2-1-3-5-14(9)11-12-6-8(7-13-11)10(16)17/h6-7H,1-5H2,(H,16,17). The van der Waals surface area contributed by atoms with Crippen molar-refractivity contribution in [3.63, 3.8) is 0 Å². The fourth-order valence-corrected chi connectivity index (χ4v) is 1.77. The quantitative estimate of drug-likeness (QED) is 0.829. The maximum Gasteiger partial charge on any atom is 0.338 e. The van der Waals surface area contributed by atoms with E-state index >= 15 is 0 Å². The van der Waals surface area contributed by atoms with Crippen molar-refractivity contribution in [2.75, 3.05) is 11.4 Å². The summed E-state index contributed by atoms with van der Waals surface area (Å²) in [6, 6.07) is 0. The predicted molar refractivity (Wildman–Crippen MR) is 59.8 cm³/mol. The first kappa shape index (κ1) is 11.5. The highest BCUT2D eigenvalue weighted by Gasteiger charge is 2.20. The number of hydrogen-bond donors (Lipinski definition) is 1. The molecular weight excluding hydrogens is 222 g/mol. The van der Waals surface area contributed by atoms with E-state index in [4.69, 9.17) is 5.11 Å². The molecule has 1 amide bonds. The fourth-order valence-electron chi connectivity index (χ4n) is 1.77. The van der Waals surface area contributed by atoms with Crippen LogP contribution in [0.25, 0.3) is 0 Å². The molecule has 1 aliphatic heterocycles. The highest BCUT2D eigenvalue weighted by atomic mass is 16.4. The van der Waals surface area contributed by atoms with Gasteiger partial charge in [-0.15, -0.1) is 0 Å². The van der Waals surface area contributed by atoms with Crippen LogP contribution in [0.5, 0.6) is 0 Å². The van der Waals surface area contributed by atoms with Gasteiger partial charge in [0, 0.05) is 25.4 Å². The van der Waals surface area contributed by atoms with E-state index in [-0.39, 0.29) is 11.5 Å². The number of carboxylic acids is 1. The number of carbonyl (C=O) groups is 2. The minimum atomic E-state index is -1.07. The first-order chi connectivity index (χ1) is 8.18. The molecule has 1 aromatic heterocycles. The third-order valence-electron chi connectivity index (χ3n) is 2.70. The Labute approximate surface area is 98.3 Å². The van der Waals surface area contributed by atoms with E-state index in [0.717, 1.165) is 19.3 Å². The maximum atomic E-state index is 11.8. The van der Waals surface area contributed by atoms with Crippen molar-refractivity contribution in [1.82, 2.24) is 9.97 Å². The molecule has 90 valence electrons. The van der Waals surface area contributed by atoms with Crippen LogP contribution in [0.1, 0.15) is 36.0 Å². The lowest BCUT2D eigenvalue weighted by molar-refractivity contribution is -0.118. The molecule has 2 heterocycles. The SMILES string of the molecule is O=C(O)c1cnc(N2CCCCCC2=O)nc1. The van der Waals surface area contributed by atoms with E-state index in [0.29, 0.717) is 18.9 Å². The lowest BCUT2D eigenvalue weighted by Gasteiger charge is -2.17. The summed E-state index contributed by atoms with van der Waals surface area (Å²) < 4.78 is 0. The maximum absolute atomic E-state index is 11.8. The minimum Gasteiger partial charge on any atom is -0.478 e. The Morgan fingerprint density at radius 3 is 2.59 bits per heavy atom. The van der Waals surface area contributed by atoms with Crippen molar-refractivity contribution in [2.24, 2.45) is 0 Å². The van der Waals surface area contributed by atoms with Crippen LogP contribution in [0.15, 0.2) is 12.4 Å². The van der Waals surface area contributed by atoms with Gasteiger partial charge in [0.25, 0.3) is 0 Å². The molecule has 0 aliphatic carbocycles. The summed E-state index contributed by atoms with van der Waals surface area (Å²) in [6.07, 6.45) is 5.80. The van der Waals surface area contributed by atoms with E-state index in [1.165, 1.54) is 17.3 Å². The third kappa shape index (κ3) is 2.58. The molecule has 1 saturated heterocycles. The molecule has 1 N–H and O–H groups in total. The summed E-state index contributed by atoms with van der Waals surface area (Å²) in [5, 5.41) is 8.72. The summed E-state index contributed by atoms with van der Waals surface area (Å²) in [5.74, 6) is -0.772. The number of aromatic nitrogens is 2. The van der Waals surface area contributed by atoms with E-state index < -0.39 is 5.97 Å². The molecule has 0 radical (unpaired) electrons. The van der Waals surface area contributed by atoms with E-state index in [2.05, 4.69) is 9.97 Å². The Balaban J connectivity index is 2.20. The average Bonchev–Trinajstić information content (AvgIpc) is 2.54. The van der Waals surface area contributed by atoms with Gasteiger partial charge in [-0.05, 0) is 12.8 Å². The minimum absolute atomic E-state index is 0.00516. The van der Waals surface area contributed by atoms with Crippen LogP contribution < -0.4 is 4.90 Å². The molecule has 0 saturated carbocycles. The van der Waals surface area contributed by atoms with Gasteiger partial charge in [0.05, 0.1) is 5.56 Å². The molecule has 1 aliphatic rings. The van der Waals surface area contributed by atoms with Gasteiger partial charge in [0.1, 0.15) is 0 Å². The number of aromatic carboxylic acids is 1. The monoisotopic (exact) mass is 235 g/mol. The van der Waals surface area contributed by atoms with Gasteiger partial charge in [0.15, 0.2) is 0 Å². The van der Waals surface area contributed by atoms with Crippen LogP contribution in [0.2, 0.25) is 0 Å². The summed E-state index contributed by atoms with van der Waals surface area (Å²) in [6.45, 7) is 0.602. The molecule has 0 unspecified atom stereocenters. The molecule has 6 nitrogen and oxygen atoms in total. The molecule has 0 aromatic carbocycles. The molecule has 2 rings (SSSR count). The first-order valence-corrected chi connectivity index (χ1v) is 5.54. The van der Waals surface area contributed by atoms with Crippen LogP contribution in [0.4, 0.5) is 5.95 Å². The Kier molecular flexibility index (Phi) is 3.32. The molecule has 17 heavy (non-hydrogen) atoms. The van der Waals surface area contributed by atoms with Crippen molar-refractivity contribution in [1.29, 1.82) is 0 Å². The summed E-state index contributed by atoms with van der Waals surface area (Å²) in [4.78, 5) is 31.8. The lowest BCUT2D eigenvalue weighted by Crippen LogP contribution is -2.31. The van der Waals surface area contributed by atoms with Gasteiger partial charge in [-0.1, -0.05) is 6.42 Å². The third-order valence-corrected chi connectivity index (χ3v) is 2.70. The lowest BCUT2D eigenvalue weighted by atomic mass is 10.2. The van der Waals surface area contributed by atoms with Crippen molar-refractivity contribution >= 4 is 17.8 Å². The smallest absolute Gasteiger partial charge is 0.338 e. The molecule has 0 spiro atoms. The van der Waals surface area contributed by atoms with Crippen molar-refractivity contribution in [2.45, 2.75) is 25.7 Å². The predicted octanol–water partition coefficient (Wildman–Crippen LogP) is 1.08. The van der Waals surface area contributed by atoms with Crippen LogP contribution >= 0.6 is 0 Å². The normalized spacial score (nSPS) is 16.7. The van der Waals surface area contributed by atoms with Gasteiger partial charge < -0.3 is 5.11 Å². The number of carboxylic acid groups (broad SMARTS) is 1. The molecule has 0 atom stereocenters. The highest BCUT2D eigenvalue weighted by Crippen LogP contribution is 2.16. The first-order valence-electron chi connectivity index (χ1n) is 5.54. The molecule has 1 aromatic rings. The van der Waals surface area contributed by atoms with Gasteiger partial charge in [-0.25, -0.2) is 14.8 Å². The zero-order valence-corrected chi connectivity index (χ0v) is 9.30. The number of rotatable bonds is 2.